The van der Waals surface area contributed by atoms with Gasteiger partial charge >= 0.3 is 5.97 Å². The van der Waals surface area contributed by atoms with E-state index in [0.717, 1.165) is 0 Å². The lowest BCUT2D eigenvalue weighted by Gasteiger charge is -2.24. The van der Waals surface area contributed by atoms with Gasteiger partial charge in [-0.2, -0.15) is 25.3 Å². The number of rotatable bonds is 14. The Morgan fingerprint density at radius 2 is 1.23 bits per heavy atom. The molecule has 30 heavy (non-hydrogen) atoms. The van der Waals surface area contributed by atoms with Crippen molar-refractivity contribution in [3.8, 4) is 0 Å². The maximum absolute atomic E-state index is 12.5. The molecule has 0 heterocycles. The van der Waals surface area contributed by atoms with E-state index in [1.165, 1.54) is 0 Å². The number of aliphatic carboxylic acids is 1. The van der Waals surface area contributed by atoms with Crippen LogP contribution < -0.4 is 33.2 Å². The van der Waals surface area contributed by atoms with Crippen LogP contribution in [0.25, 0.3) is 0 Å². The highest BCUT2D eigenvalue weighted by Gasteiger charge is 2.29. The lowest BCUT2D eigenvalue weighted by atomic mass is 10.1. The van der Waals surface area contributed by atoms with Gasteiger partial charge < -0.3 is 38.3 Å². The minimum absolute atomic E-state index is 0.195. The Kier molecular flexibility index (Phi) is 12.5. The maximum atomic E-state index is 12.5. The van der Waals surface area contributed by atoms with Gasteiger partial charge in [-0.15, -0.1) is 0 Å². The summed E-state index contributed by atoms with van der Waals surface area (Å²) in [6.07, 6.45) is -0.949. The first-order valence-corrected chi connectivity index (χ1v) is 9.87. The van der Waals surface area contributed by atoms with Crippen molar-refractivity contribution in [3.63, 3.8) is 0 Å². The Labute approximate surface area is 183 Å². The predicted octanol–water partition coefficient (Wildman–Crippen LogP) is -4.15. The molecule has 0 aromatic heterocycles. The van der Waals surface area contributed by atoms with Gasteiger partial charge in [-0.05, 0) is 6.42 Å². The van der Waals surface area contributed by atoms with E-state index in [4.69, 9.17) is 22.3 Å². The average Bonchev–Trinajstić information content (AvgIpc) is 2.65. The van der Waals surface area contributed by atoms with Crippen LogP contribution in [-0.2, 0) is 28.8 Å². The van der Waals surface area contributed by atoms with E-state index in [9.17, 15) is 28.8 Å². The molecule has 0 radical (unpaired) electrons. The van der Waals surface area contributed by atoms with Gasteiger partial charge in [0.1, 0.15) is 18.1 Å². The number of hydrogen-bond donors (Lipinski definition) is 9. The van der Waals surface area contributed by atoms with Gasteiger partial charge in [-0.25, -0.2) is 4.79 Å². The van der Waals surface area contributed by atoms with Crippen LogP contribution in [0.3, 0.4) is 0 Å². The SMILES string of the molecule is NC(=O)CCC(NC(=O)C(CS)NC(=O)C(N)CC(N)=O)C(=O)NC(CS)C(=O)O. The largest absolute Gasteiger partial charge is 0.480 e. The third kappa shape index (κ3) is 10.3. The number of carbonyl (C=O) groups excluding carboxylic acids is 5. The van der Waals surface area contributed by atoms with E-state index in [1.807, 2.05) is 0 Å². The van der Waals surface area contributed by atoms with Crippen LogP contribution in [0, 0.1) is 0 Å². The molecule has 13 nitrogen and oxygen atoms in total. The minimum atomic E-state index is -1.35. The summed E-state index contributed by atoms with van der Waals surface area (Å²) < 4.78 is 0. The molecule has 0 aliphatic carbocycles. The van der Waals surface area contributed by atoms with Crippen molar-refractivity contribution in [1.82, 2.24) is 16.0 Å². The van der Waals surface area contributed by atoms with Crippen molar-refractivity contribution in [1.29, 1.82) is 0 Å². The number of carboxylic acids is 1. The maximum Gasteiger partial charge on any atom is 0.327 e. The molecule has 4 atom stereocenters. The molecule has 0 bridgehead atoms. The van der Waals surface area contributed by atoms with Crippen molar-refractivity contribution in [2.75, 3.05) is 11.5 Å². The molecule has 10 N–H and O–H groups in total. The molecular weight excluding hydrogens is 440 g/mol. The van der Waals surface area contributed by atoms with Crippen LogP contribution in [0.4, 0.5) is 0 Å². The number of nitrogens with two attached hydrogens (primary N) is 3. The minimum Gasteiger partial charge on any atom is -0.480 e. The van der Waals surface area contributed by atoms with Crippen molar-refractivity contribution >= 4 is 60.8 Å². The fourth-order valence-electron chi connectivity index (χ4n) is 2.07. The van der Waals surface area contributed by atoms with Gasteiger partial charge in [0.15, 0.2) is 0 Å². The van der Waals surface area contributed by atoms with E-state index in [1.54, 1.807) is 0 Å². The van der Waals surface area contributed by atoms with Gasteiger partial charge in [-0.1, -0.05) is 0 Å². The van der Waals surface area contributed by atoms with Crippen molar-refractivity contribution < 1.29 is 33.9 Å². The smallest absolute Gasteiger partial charge is 0.327 e. The van der Waals surface area contributed by atoms with Crippen LogP contribution in [-0.4, -0.2) is 76.3 Å². The van der Waals surface area contributed by atoms with Crippen molar-refractivity contribution in [3.05, 3.63) is 0 Å². The highest BCUT2D eigenvalue weighted by Crippen LogP contribution is 2.02. The van der Waals surface area contributed by atoms with E-state index in [0.29, 0.717) is 0 Å². The van der Waals surface area contributed by atoms with Crippen molar-refractivity contribution in [2.45, 2.75) is 43.4 Å². The van der Waals surface area contributed by atoms with E-state index in [2.05, 4.69) is 41.2 Å². The second-order valence-corrected chi connectivity index (χ2v) is 6.90. The zero-order valence-corrected chi connectivity index (χ0v) is 17.7. The van der Waals surface area contributed by atoms with Crippen LogP contribution in [0.15, 0.2) is 0 Å². The van der Waals surface area contributed by atoms with Crippen LogP contribution in [0.2, 0.25) is 0 Å². The number of nitrogens with one attached hydrogen (secondary N) is 3. The number of carboxylic acid groups (broad SMARTS) is 1. The number of hydrogen-bond acceptors (Lipinski definition) is 9. The Morgan fingerprint density at radius 3 is 1.67 bits per heavy atom. The second kappa shape index (κ2) is 13.7. The predicted molar refractivity (Wildman–Crippen MR) is 111 cm³/mol. The molecule has 0 fully saturated rings. The number of primary amides is 2. The molecule has 15 heteroatoms. The molecule has 0 rings (SSSR count). The Morgan fingerprint density at radius 1 is 0.767 bits per heavy atom. The Hall–Kier alpha value is -2.52. The third-order valence-corrected chi connectivity index (χ3v) is 4.41. The lowest BCUT2D eigenvalue weighted by molar-refractivity contribution is -0.141. The number of carbonyl (C=O) groups is 6. The summed E-state index contributed by atoms with van der Waals surface area (Å²) in [6.45, 7) is 0. The monoisotopic (exact) mass is 466 g/mol. The number of thiol groups is 2. The first kappa shape index (κ1) is 27.5. The normalized spacial score (nSPS) is 14.5. The third-order valence-electron chi connectivity index (χ3n) is 3.68. The van der Waals surface area contributed by atoms with E-state index < -0.39 is 66.1 Å². The molecule has 0 aromatic rings. The molecule has 0 spiro atoms. The summed E-state index contributed by atoms with van der Waals surface area (Å²) in [5, 5.41) is 15.8. The first-order valence-electron chi connectivity index (χ1n) is 8.60. The summed E-state index contributed by atoms with van der Waals surface area (Å²) in [7, 11) is 0. The topological polar surface area (TPSA) is 237 Å². The standard InChI is InChI=1S/C15H26N6O7S2/c16-6(3-11(18)23)12(24)20-8(4-29)14(26)19-7(1-2-10(17)22)13(25)21-9(5-30)15(27)28/h6-9,29-30H,1-5,16H2,(H2,17,22)(H2,18,23)(H,19,26)(H,20,24)(H,21,25)(H,27,28). The molecule has 5 amide bonds. The van der Waals surface area contributed by atoms with Gasteiger partial charge in [0, 0.05) is 17.9 Å². The van der Waals surface area contributed by atoms with Gasteiger partial charge in [0.25, 0.3) is 0 Å². The van der Waals surface area contributed by atoms with Crippen molar-refractivity contribution in [2.24, 2.45) is 17.2 Å². The summed E-state index contributed by atoms with van der Waals surface area (Å²) in [5.74, 6) is -5.91. The molecule has 170 valence electrons. The highest BCUT2D eigenvalue weighted by molar-refractivity contribution is 7.80. The molecule has 0 saturated heterocycles. The molecular formula is C15H26N6O7S2. The van der Waals surface area contributed by atoms with Gasteiger partial charge in [-0.3, -0.25) is 24.0 Å². The summed E-state index contributed by atoms with van der Waals surface area (Å²) >= 11 is 7.78. The Bertz CT molecular complexity index is 678. The Balaban J connectivity index is 5.23. The average molecular weight is 467 g/mol. The molecule has 4 unspecified atom stereocenters. The van der Waals surface area contributed by atoms with Gasteiger partial charge in [0.2, 0.25) is 29.5 Å². The summed E-state index contributed by atoms with van der Waals surface area (Å²) in [5.41, 5.74) is 15.5. The fraction of sp³-hybridized carbons (Fsp3) is 0.600. The molecule has 0 aliphatic rings. The van der Waals surface area contributed by atoms with E-state index in [-0.39, 0.29) is 24.3 Å². The zero-order chi connectivity index (χ0) is 23.4. The van der Waals surface area contributed by atoms with Gasteiger partial charge in [0.05, 0.1) is 12.5 Å². The van der Waals surface area contributed by atoms with E-state index >= 15 is 0 Å². The van der Waals surface area contributed by atoms with Crippen LogP contribution in [0.5, 0.6) is 0 Å². The molecule has 0 aliphatic heterocycles. The zero-order valence-electron chi connectivity index (χ0n) is 15.9. The summed E-state index contributed by atoms with van der Waals surface area (Å²) in [6, 6.07) is -5.20. The second-order valence-electron chi connectivity index (χ2n) is 6.17. The molecule has 0 saturated carbocycles. The highest BCUT2D eigenvalue weighted by atomic mass is 32.1. The van der Waals surface area contributed by atoms with Crippen LogP contribution >= 0.6 is 25.3 Å². The number of amides is 5. The summed E-state index contributed by atoms with van der Waals surface area (Å²) in [4.78, 5) is 69.8. The van der Waals surface area contributed by atoms with Crippen LogP contribution in [0.1, 0.15) is 19.3 Å². The fourth-order valence-corrected chi connectivity index (χ4v) is 2.57. The molecule has 0 aromatic carbocycles. The lowest BCUT2D eigenvalue weighted by Crippen LogP contribution is -2.58. The first-order chi connectivity index (χ1) is 13.9. The quantitative estimate of drug-likeness (QED) is 0.114.